The van der Waals surface area contributed by atoms with Crippen molar-refractivity contribution in [1.82, 2.24) is 0 Å². The molecule has 1 aliphatic carbocycles. The van der Waals surface area contributed by atoms with Crippen LogP contribution >= 0.6 is 11.6 Å². The van der Waals surface area contributed by atoms with E-state index >= 15 is 0 Å². The van der Waals surface area contributed by atoms with E-state index in [1.165, 1.54) is 7.11 Å². The molecule has 0 heterocycles. The van der Waals surface area contributed by atoms with Crippen LogP contribution in [0, 0.1) is 0 Å². The lowest BCUT2D eigenvalue weighted by Crippen LogP contribution is -2.09. The fourth-order valence-electron chi connectivity index (χ4n) is 2.51. The molecule has 0 radical (unpaired) electrons. The molecule has 0 bridgehead atoms. The molecule has 2 N–H and O–H groups in total. The molecule has 0 saturated carbocycles. The van der Waals surface area contributed by atoms with Crippen LogP contribution < -0.4 is 5.73 Å². The van der Waals surface area contributed by atoms with Gasteiger partial charge in [-0.15, -0.1) is 0 Å². The number of methoxy groups -OCH3 is 1. The molecule has 0 saturated heterocycles. The molecule has 1 atom stereocenters. The van der Waals surface area contributed by atoms with Crippen LogP contribution in [0.15, 0.2) is 36.4 Å². The van der Waals surface area contributed by atoms with Crippen molar-refractivity contribution in [1.29, 1.82) is 0 Å². The van der Waals surface area contributed by atoms with Crippen LogP contribution in [0.5, 0.6) is 0 Å². The Morgan fingerprint density at radius 3 is 2.47 bits per heavy atom. The zero-order valence-electron chi connectivity index (χ0n) is 10.3. The van der Waals surface area contributed by atoms with Crippen molar-refractivity contribution in [2.24, 2.45) is 5.73 Å². The maximum Gasteiger partial charge on any atom is 0.337 e. The van der Waals surface area contributed by atoms with Crippen LogP contribution in [-0.4, -0.2) is 13.1 Å². The highest BCUT2D eigenvalue weighted by molar-refractivity contribution is 6.30. The van der Waals surface area contributed by atoms with Crippen molar-refractivity contribution in [3.05, 3.63) is 58.1 Å². The molecule has 3 nitrogen and oxygen atoms in total. The van der Waals surface area contributed by atoms with Gasteiger partial charge in [0.25, 0.3) is 0 Å². The van der Waals surface area contributed by atoms with Crippen LogP contribution in [0.4, 0.5) is 0 Å². The predicted octanol–water partition coefficient (Wildman–Crippen LogP) is 3.16. The Hall–Kier alpha value is -1.84. The van der Waals surface area contributed by atoms with Crippen LogP contribution in [0.1, 0.15) is 27.5 Å². The Labute approximate surface area is 115 Å². The first-order chi connectivity index (χ1) is 9.11. The van der Waals surface area contributed by atoms with E-state index in [0.29, 0.717) is 10.6 Å². The maximum absolute atomic E-state index is 11.6. The quantitative estimate of drug-likeness (QED) is 0.812. The highest BCUT2D eigenvalue weighted by Crippen LogP contribution is 2.43. The summed E-state index contributed by atoms with van der Waals surface area (Å²) < 4.78 is 4.73. The van der Waals surface area contributed by atoms with Gasteiger partial charge in [0.15, 0.2) is 0 Å². The highest BCUT2D eigenvalue weighted by Gasteiger charge is 2.27. The van der Waals surface area contributed by atoms with Gasteiger partial charge in [0.2, 0.25) is 0 Å². The van der Waals surface area contributed by atoms with Gasteiger partial charge in [-0.25, -0.2) is 4.79 Å². The van der Waals surface area contributed by atoms with E-state index < -0.39 is 0 Å². The van der Waals surface area contributed by atoms with Gasteiger partial charge in [-0.1, -0.05) is 23.7 Å². The normalized spacial score (nSPS) is 15.8. The fourth-order valence-corrected chi connectivity index (χ4v) is 2.69. The van der Waals surface area contributed by atoms with Crippen LogP contribution in [0.25, 0.3) is 11.1 Å². The third-order valence-electron chi connectivity index (χ3n) is 3.45. The first-order valence-corrected chi connectivity index (χ1v) is 6.27. The van der Waals surface area contributed by atoms with Crippen molar-refractivity contribution in [3.8, 4) is 11.1 Å². The molecule has 96 valence electrons. The molecule has 19 heavy (non-hydrogen) atoms. The number of carbonyl (C=O) groups excluding carboxylic acids is 1. The number of benzene rings is 2. The second kappa shape index (κ2) is 4.37. The molecule has 0 amide bonds. The van der Waals surface area contributed by atoms with Crippen molar-refractivity contribution in [2.45, 2.75) is 6.04 Å². The smallest absolute Gasteiger partial charge is 0.337 e. The topological polar surface area (TPSA) is 52.3 Å². The first kappa shape index (κ1) is 12.2. The molecule has 4 heteroatoms. The number of ether oxygens (including phenoxy) is 1. The Bertz CT molecular complexity index is 682. The SMILES string of the molecule is COC(=O)c1ccc2c(c1)C(N)c1cc(Cl)ccc1-2. The molecule has 1 aliphatic rings. The maximum atomic E-state index is 11.6. The lowest BCUT2D eigenvalue weighted by molar-refractivity contribution is 0.0600. The highest BCUT2D eigenvalue weighted by atomic mass is 35.5. The minimum atomic E-state index is -0.357. The summed E-state index contributed by atoms with van der Waals surface area (Å²) in [5.41, 5.74) is 10.8. The minimum Gasteiger partial charge on any atom is -0.465 e. The Kier molecular flexibility index (Phi) is 2.81. The van der Waals surface area contributed by atoms with E-state index in [1.807, 2.05) is 24.3 Å². The van der Waals surface area contributed by atoms with Gasteiger partial charge < -0.3 is 10.5 Å². The van der Waals surface area contributed by atoms with E-state index in [9.17, 15) is 4.79 Å². The first-order valence-electron chi connectivity index (χ1n) is 5.89. The molecule has 1 unspecified atom stereocenters. The van der Waals surface area contributed by atoms with E-state index in [4.69, 9.17) is 22.1 Å². The Balaban J connectivity index is 2.16. The van der Waals surface area contributed by atoms with Crippen molar-refractivity contribution in [2.75, 3.05) is 7.11 Å². The second-order valence-corrected chi connectivity index (χ2v) is 4.94. The standard InChI is InChI=1S/C15H12ClNO2/c1-19-15(18)8-2-4-10-11-5-3-9(16)7-13(11)14(17)12(10)6-8/h2-7,14H,17H2,1H3. The summed E-state index contributed by atoms with van der Waals surface area (Å²) in [6.07, 6.45) is 0. The summed E-state index contributed by atoms with van der Waals surface area (Å²) in [6.45, 7) is 0. The van der Waals surface area contributed by atoms with Gasteiger partial charge in [0.05, 0.1) is 18.7 Å². The number of rotatable bonds is 1. The predicted molar refractivity (Wildman–Crippen MR) is 74.3 cm³/mol. The molecule has 0 aliphatic heterocycles. The van der Waals surface area contributed by atoms with Gasteiger partial charge in [-0.2, -0.15) is 0 Å². The van der Waals surface area contributed by atoms with E-state index in [2.05, 4.69) is 0 Å². The molecule has 0 spiro atoms. The fraction of sp³-hybridized carbons (Fsp3) is 0.133. The van der Waals surface area contributed by atoms with Crippen molar-refractivity contribution < 1.29 is 9.53 Å². The zero-order chi connectivity index (χ0) is 13.6. The van der Waals surface area contributed by atoms with Crippen LogP contribution in [0.2, 0.25) is 5.02 Å². The number of hydrogen-bond acceptors (Lipinski definition) is 3. The third kappa shape index (κ3) is 1.82. The van der Waals surface area contributed by atoms with Gasteiger partial charge in [-0.3, -0.25) is 0 Å². The van der Waals surface area contributed by atoms with Gasteiger partial charge in [0, 0.05) is 5.02 Å². The van der Waals surface area contributed by atoms with E-state index in [0.717, 1.165) is 22.3 Å². The Morgan fingerprint density at radius 1 is 1.16 bits per heavy atom. The average Bonchev–Trinajstić information content (AvgIpc) is 2.71. The largest absolute Gasteiger partial charge is 0.465 e. The summed E-state index contributed by atoms with van der Waals surface area (Å²) in [4.78, 5) is 11.6. The number of halogens is 1. The lowest BCUT2D eigenvalue weighted by atomic mass is 10.0. The Morgan fingerprint density at radius 2 is 1.79 bits per heavy atom. The van der Waals surface area contributed by atoms with Crippen LogP contribution in [-0.2, 0) is 4.74 Å². The minimum absolute atomic E-state index is 0.256. The molecule has 2 aromatic carbocycles. The monoisotopic (exact) mass is 273 g/mol. The van der Waals surface area contributed by atoms with E-state index in [-0.39, 0.29) is 12.0 Å². The van der Waals surface area contributed by atoms with E-state index in [1.54, 1.807) is 12.1 Å². The zero-order valence-corrected chi connectivity index (χ0v) is 11.1. The lowest BCUT2D eigenvalue weighted by Gasteiger charge is -2.07. The van der Waals surface area contributed by atoms with Gasteiger partial charge >= 0.3 is 5.97 Å². The summed E-state index contributed by atoms with van der Waals surface area (Å²) in [5.74, 6) is -0.357. The average molecular weight is 274 g/mol. The molecule has 0 fully saturated rings. The third-order valence-corrected chi connectivity index (χ3v) is 3.68. The van der Waals surface area contributed by atoms with Crippen molar-refractivity contribution in [3.63, 3.8) is 0 Å². The van der Waals surface area contributed by atoms with Gasteiger partial charge in [0.1, 0.15) is 0 Å². The molecule has 2 aromatic rings. The number of fused-ring (bicyclic) bond motifs is 3. The molecular formula is C15H12ClNO2. The second-order valence-electron chi connectivity index (χ2n) is 4.50. The van der Waals surface area contributed by atoms with Gasteiger partial charge in [-0.05, 0) is 46.5 Å². The number of nitrogens with two attached hydrogens (primary N) is 1. The van der Waals surface area contributed by atoms with Crippen LogP contribution in [0.3, 0.4) is 0 Å². The summed E-state index contributed by atoms with van der Waals surface area (Å²) >= 11 is 6.01. The molecular weight excluding hydrogens is 262 g/mol. The number of hydrogen-bond donors (Lipinski definition) is 1. The summed E-state index contributed by atoms with van der Waals surface area (Å²) in [7, 11) is 1.37. The summed E-state index contributed by atoms with van der Waals surface area (Å²) in [5, 5.41) is 0.662. The number of carbonyl (C=O) groups is 1. The molecule has 3 rings (SSSR count). The number of esters is 1. The molecule has 0 aromatic heterocycles. The van der Waals surface area contributed by atoms with Crippen molar-refractivity contribution >= 4 is 17.6 Å². The summed E-state index contributed by atoms with van der Waals surface area (Å²) in [6, 6.07) is 10.9.